The topological polar surface area (TPSA) is 12.0 Å². The minimum Gasteiger partial charge on any atom is -0.309 e. The number of hydrogen-bond acceptors (Lipinski definition) is 1. The Morgan fingerprint density at radius 3 is 1.80 bits per heavy atom. The van der Waals surface area contributed by atoms with Crippen molar-refractivity contribution < 1.29 is 0 Å². The average Bonchev–Trinajstić information content (AvgIpc) is 2.34. The Labute approximate surface area is 123 Å². The van der Waals surface area contributed by atoms with Crippen LogP contribution in [-0.2, 0) is 0 Å². The van der Waals surface area contributed by atoms with Gasteiger partial charge in [-0.1, -0.05) is 41.5 Å². The van der Waals surface area contributed by atoms with Crippen molar-refractivity contribution in [2.75, 3.05) is 7.05 Å². The van der Waals surface area contributed by atoms with Crippen LogP contribution in [0.4, 0.5) is 0 Å². The molecule has 0 spiro atoms. The van der Waals surface area contributed by atoms with E-state index in [-0.39, 0.29) is 6.04 Å². The zero-order chi connectivity index (χ0) is 14.9. The second-order valence-corrected chi connectivity index (χ2v) is 5.89. The summed E-state index contributed by atoms with van der Waals surface area (Å²) in [6.07, 6.45) is 0. The van der Waals surface area contributed by atoms with Crippen molar-refractivity contribution >= 4 is 0 Å². The summed E-state index contributed by atoms with van der Waals surface area (Å²) in [6, 6.07) is 11.5. The van der Waals surface area contributed by atoms with E-state index in [0.29, 0.717) is 0 Å². The molecule has 0 aromatic heterocycles. The highest BCUT2D eigenvalue weighted by Gasteiger charge is 2.18. The second-order valence-electron chi connectivity index (χ2n) is 5.89. The average molecular weight is 267 g/mol. The van der Waals surface area contributed by atoms with E-state index in [2.05, 4.69) is 70.3 Å². The van der Waals surface area contributed by atoms with Gasteiger partial charge in [0.1, 0.15) is 0 Å². The summed E-state index contributed by atoms with van der Waals surface area (Å²) in [5.74, 6) is 0. The van der Waals surface area contributed by atoms with Crippen LogP contribution < -0.4 is 5.32 Å². The van der Waals surface area contributed by atoms with Crippen LogP contribution in [0, 0.1) is 34.6 Å². The van der Waals surface area contributed by atoms with Crippen LogP contribution in [0.3, 0.4) is 0 Å². The molecule has 106 valence electrons. The van der Waals surface area contributed by atoms with Crippen LogP contribution in [0.5, 0.6) is 0 Å². The molecule has 2 aromatic rings. The highest BCUT2D eigenvalue weighted by molar-refractivity contribution is 5.46. The lowest BCUT2D eigenvalue weighted by molar-refractivity contribution is 0.678. The highest BCUT2D eigenvalue weighted by Crippen LogP contribution is 2.30. The van der Waals surface area contributed by atoms with Crippen LogP contribution in [0.25, 0.3) is 0 Å². The van der Waals surface area contributed by atoms with Gasteiger partial charge in [0.25, 0.3) is 0 Å². The molecule has 0 aliphatic rings. The van der Waals surface area contributed by atoms with Crippen LogP contribution in [0.15, 0.2) is 30.3 Å². The van der Waals surface area contributed by atoms with Gasteiger partial charge in [0.2, 0.25) is 0 Å². The van der Waals surface area contributed by atoms with Gasteiger partial charge in [-0.15, -0.1) is 0 Å². The van der Waals surface area contributed by atoms with Gasteiger partial charge in [-0.2, -0.15) is 0 Å². The van der Waals surface area contributed by atoms with E-state index >= 15 is 0 Å². The van der Waals surface area contributed by atoms with E-state index in [9.17, 15) is 0 Å². The molecule has 2 rings (SSSR count). The Morgan fingerprint density at radius 2 is 1.30 bits per heavy atom. The first kappa shape index (κ1) is 14.8. The largest absolute Gasteiger partial charge is 0.309 e. The Morgan fingerprint density at radius 1 is 0.750 bits per heavy atom. The smallest absolute Gasteiger partial charge is 0.0582 e. The molecule has 0 amide bonds. The fourth-order valence-electron chi connectivity index (χ4n) is 3.25. The summed E-state index contributed by atoms with van der Waals surface area (Å²) >= 11 is 0. The fourth-order valence-corrected chi connectivity index (χ4v) is 3.25. The van der Waals surface area contributed by atoms with E-state index in [1.165, 1.54) is 38.9 Å². The van der Waals surface area contributed by atoms with E-state index < -0.39 is 0 Å². The zero-order valence-corrected chi connectivity index (χ0v) is 13.5. The molecule has 0 radical (unpaired) electrons. The van der Waals surface area contributed by atoms with Gasteiger partial charge in [-0.05, 0) is 69.5 Å². The second kappa shape index (κ2) is 5.80. The molecule has 1 N–H and O–H groups in total. The zero-order valence-electron chi connectivity index (χ0n) is 13.5. The molecule has 1 nitrogen and oxygen atoms in total. The molecule has 0 bridgehead atoms. The van der Waals surface area contributed by atoms with E-state index in [4.69, 9.17) is 0 Å². The normalized spacial score (nSPS) is 12.5. The van der Waals surface area contributed by atoms with Gasteiger partial charge in [0.15, 0.2) is 0 Å². The first-order chi connectivity index (χ1) is 9.43. The van der Waals surface area contributed by atoms with Gasteiger partial charge in [-0.3, -0.25) is 0 Å². The number of aryl methyl sites for hydroxylation is 5. The minimum atomic E-state index is 0.260. The van der Waals surface area contributed by atoms with Crippen molar-refractivity contribution in [1.29, 1.82) is 0 Å². The number of nitrogens with one attached hydrogen (secondary N) is 1. The van der Waals surface area contributed by atoms with E-state index in [1.54, 1.807) is 0 Å². The third kappa shape index (κ3) is 2.78. The number of rotatable bonds is 3. The van der Waals surface area contributed by atoms with Gasteiger partial charge in [0.05, 0.1) is 6.04 Å². The van der Waals surface area contributed by atoms with Crippen LogP contribution in [0.1, 0.15) is 45.0 Å². The third-order valence-electron chi connectivity index (χ3n) is 4.05. The van der Waals surface area contributed by atoms with Gasteiger partial charge < -0.3 is 5.32 Å². The Kier molecular flexibility index (Phi) is 4.29. The first-order valence-electron chi connectivity index (χ1n) is 7.26. The molecule has 20 heavy (non-hydrogen) atoms. The number of hydrogen-bond donors (Lipinski definition) is 1. The van der Waals surface area contributed by atoms with Crippen LogP contribution >= 0.6 is 0 Å². The van der Waals surface area contributed by atoms with Gasteiger partial charge in [0, 0.05) is 0 Å². The first-order valence-corrected chi connectivity index (χ1v) is 7.26. The molecule has 0 aliphatic heterocycles. The summed E-state index contributed by atoms with van der Waals surface area (Å²) in [7, 11) is 2.04. The van der Waals surface area contributed by atoms with Crippen LogP contribution in [0.2, 0.25) is 0 Å². The van der Waals surface area contributed by atoms with Crippen molar-refractivity contribution in [3.8, 4) is 0 Å². The maximum Gasteiger partial charge on any atom is 0.0582 e. The summed E-state index contributed by atoms with van der Waals surface area (Å²) < 4.78 is 0. The summed E-state index contributed by atoms with van der Waals surface area (Å²) in [5.41, 5.74) is 9.50. The van der Waals surface area contributed by atoms with E-state index in [1.807, 2.05) is 7.05 Å². The summed E-state index contributed by atoms with van der Waals surface area (Å²) in [4.78, 5) is 0. The van der Waals surface area contributed by atoms with Crippen molar-refractivity contribution in [3.63, 3.8) is 0 Å². The lowest BCUT2D eigenvalue weighted by Crippen LogP contribution is -2.21. The molecule has 0 saturated heterocycles. The molecule has 0 fully saturated rings. The minimum absolute atomic E-state index is 0.260. The van der Waals surface area contributed by atoms with Crippen molar-refractivity contribution in [1.82, 2.24) is 5.32 Å². The van der Waals surface area contributed by atoms with Crippen molar-refractivity contribution in [2.45, 2.75) is 40.7 Å². The summed E-state index contributed by atoms with van der Waals surface area (Å²) in [5, 5.41) is 3.50. The molecule has 1 atom stereocenters. The maximum atomic E-state index is 3.50. The highest BCUT2D eigenvalue weighted by atomic mass is 14.9. The molecular formula is C19H25N. The standard InChI is InChI=1S/C19H25N/c1-12-7-8-17(14(3)9-12)19(20-6)18-15(4)10-13(2)11-16(18)5/h7-11,19-20H,1-6H3. The molecule has 1 heteroatoms. The molecular weight excluding hydrogens is 242 g/mol. The van der Waals surface area contributed by atoms with Crippen molar-refractivity contribution in [2.24, 2.45) is 0 Å². The Balaban J connectivity index is 2.58. The molecule has 0 aliphatic carbocycles. The van der Waals surface area contributed by atoms with E-state index in [0.717, 1.165) is 0 Å². The monoisotopic (exact) mass is 267 g/mol. The number of benzene rings is 2. The molecule has 0 saturated carbocycles. The lowest BCUT2D eigenvalue weighted by atomic mass is 9.88. The SMILES string of the molecule is CNC(c1ccc(C)cc1C)c1c(C)cc(C)cc1C. The predicted octanol–water partition coefficient (Wildman–Crippen LogP) is 4.54. The summed E-state index contributed by atoms with van der Waals surface area (Å²) in [6.45, 7) is 10.9. The van der Waals surface area contributed by atoms with Gasteiger partial charge >= 0.3 is 0 Å². The van der Waals surface area contributed by atoms with Crippen molar-refractivity contribution in [3.05, 3.63) is 69.3 Å². The van der Waals surface area contributed by atoms with Gasteiger partial charge in [-0.25, -0.2) is 0 Å². The Hall–Kier alpha value is -1.60. The fraction of sp³-hybridized carbons (Fsp3) is 0.368. The third-order valence-corrected chi connectivity index (χ3v) is 4.05. The molecule has 0 heterocycles. The quantitative estimate of drug-likeness (QED) is 0.861. The molecule has 1 unspecified atom stereocenters. The predicted molar refractivity (Wildman–Crippen MR) is 87.5 cm³/mol. The maximum absolute atomic E-state index is 3.50. The van der Waals surface area contributed by atoms with Crippen LogP contribution in [-0.4, -0.2) is 7.05 Å². The lowest BCUT2D eigenvalue weighted by Gasteiger charge is -2.24. The molecule has 2 aromatic carbocycles. The Bertz CT molecular complexity index is 603.